The Hall–Kier alpha value is -2.25. The van der Waals surface area contributed by atoms with Crippen LogP contribution in [0.2, 0.25) is 5.02 Å². The minimum absolute atomic E-state index is 0.0411. The predicted octanol–water partition coefficient (Wildman–Crippen LogP) is 2.88. The molecule has 7 nitrogen and oxygen atoms in total. The number of hydrogen-bond donors (Lipinski definition) is 1. The molecule has 0 spiro atoms. The van der Waals surface area contributed by atoms with Crippen molar-refractivity contribution in [1.29, 1.82) is 0 Å². The molecule has 1 fully saturated rings. The summed E-state index contributed by atoms with van der Waals surface area (Å²) in [7, 11) is 0. The summed E-state index contributed by atoms with van der Waals surface area (Å²) in [5.74, 6) is 1.70. The number of aliphatic imine (C=N–C) groups is 1. The van der Waals surface area contributed by atoms with E-state index in [1.807, 2.05) is 37.3 Å². The highest BCUT2D eigenvalue weighted by Crippen LogP contribution is 2.18. The van der Waals surface area contributed by atoms with Crippen LogP contribution in [0.15, 0.2) is 46.1 Å². The second kappa shape index (κ2) is 10.3. The van der Waals surface area contributed by atoms with Gasteiger partial charge in [0.1, 0.15) is 18.1 Å². The molecule has 1 N–H and O–H groups in total. The fourth-order valence-corrected chi connectivity index (χ4v) is 3.30. The maximum Gasteiger partial charge on any atom is 0.194 e. The highest BCUT2D eigenvalue weighted by Gasteiger charge is 2.20. The van der Waals surface area contributed by atoms with Crippen LogP contribution in [0.25, 0.3) is 0 Å². The van der Waals surface area contributed by atoms with Gasteiger partial charge in [-0.05, 0) is 32.0 Å². The van der Waals surface area contributed by atoms with Crippen LogP contribution >= 0.6 is 11.6 Å². The summed E-state index contributed by atoms with van der Waals surface area (Å²) in [5.41, 5.74) is 0.973. The van der Waals surface area contributed by atoms with Crippen molar-refractivity contribution in [2.75, 3.05) is 39.3 Å². The molecule has 1 aliphatic heterocycles. The van der Waals surface area contributed by atoms with Crippen molar-refractivity contribution >= 4 is 17.6 Å². The Morgan fingerprint density at radius 2 is 2.14 bits per heavy atom. The zero-order valence-corrected chi connectivity index (χ0v) is 17.2. The van der Waals surface area contributed by atoms with E-state index < -0.39 is 0 Å². The average molecular weight is 406 g/mol. The first-order valence-electron chi connectivity index (χ1n) is 9.71. The van der Waals surface area contributed by atoms with Gasteiger partial charge in [0.15, 0.2) is 5.96 Å². The number of rotatable bonds is 7. The van der Waals surface area contributed by atoms with Crippen molar-refractivity contribution in [2.24, 2.45) is 4.99 Å². The number of aromatic nitrogens is 1. The first-order chi connectivity index (χ1) is 13.6. The number of piperazine rings is 1. The minimum atomic E-state index is -0.0411. The van der Waals surface area contributed by atoms with Crippen LogP contribution in [0.4, 0.5) is 0 Å². The van der Waals surface area contributed by atoms with Gasteiger partial charge in [-0.1, -0.05) is 22.8 Å². The van der Waals surface area contributed by atoms with E-state index in [0.717, 1.165) is 56.7 Å². The lowest BCUT2D eigenvalue weighted by Crippen LogP contribution is -2.52. The SMILES string of the molecule is CCNC(=NCC(C)Oc1cccc(Cl)c1)N1CCN(Cc2ccon2)CC1. The summed E-state index contributed by atoms with van der Waals surface area (Å²) in [6.07, 6.45) is 1.58. The predicted molar refractivity (Wildman–Crippen MR) is 111 cm³/mol. The number of nitrogens with one attached hydrogen (secondary N) is 1. The van der Waals surface area contributed by atoms with E-state index in [9.17, 15) is 0 Å². The van der Waals surface area contributed by atoms with Crippen LogP contribution in [0, 0.1) is 0 Å². The van der Waals surface area contributed by atoms with Crippen LogP contribution in [0.3, 0.4) is 0 Å². The molecule has 8 heteroatoms. The van der Waals surface area contributed by atoms with Gasteiger partial charge in [0.2, 0.25) is 0 Å². The minimum Gasteiger partial charge on any atom is -0.489 e. The molecule has 152 valence electrons. The standard InChI is InChI=1S/C20H28ClN5O2/c1-3-22-20(23-14-16(2)28-19-6-4-5-17(21)13-19)26-10-8-25(9-11-26)15-18-7-12-27-24-18/h4-7,12-13,16H,3,8-11,14-15H2,1-2H3,(H,22,23). The zero-order valence-electron chi connectivity index (χ0n) is 16.5. The Balaban J connectivity index is 1.51. The molecule has 3 rings (SSSR count). The Kier molecular flexibility index (Phi) is 7.56. The van der Waals surface area contributed by atoms with Gasteiger partial charge >= 0.3 is 0 Å². The highest BCUT2D eigenvalue weighted by molar-refractivity contribution is 6.30. The van der Waals surface area contributed by atoms with Crippen LogP contribution in [-0.2, 0) is 6.54 Å². The van der Waals surface area contributed by atoms with E-state index in [1.165, 1.54) is 0 Å². The van der Waals surface area contributed by atoms with Gasteiger partial charge < -0.3 is 19.5 Å². The topological polar surface area (TPSA) is 66.1 Å². The van der Waals surface area contributed by atoms with Crippen LogP contribution in [0.1, 0.15) is 19.5 Å². The molecule has 2 heterocycles. The lowest BCUT2D eigenvalue weighted by molar-refractivity contribution is 0.168. The van der Waals surface area contributed by atoms with Gasteiger partial charge in [-0.15, -0.1) is 0 Å². The molecule has 1 saturated heterocycles. The molecule has 1 unspecified atom stereocenters. The lowest BCUT2D eigenvalue weighted by Gasteiger charge is -2.36. The van der Waals surface area contributed by atoms with Gasteiger partial charge in [-0.2, -0.15) is 0 Å². The largest absolute Gasteiger partial charge is 0.489 e. The zero-order chi connectivity index (χ0) is 19.8. The molecule has 0 amide bonds. The summed E-state index contributed by atoms with van der Waals surface area (Å²) in [6.45, 7) is 10.1. The number of hydrogen-bond acceptors (Lipinski definition) is 5. The second-order valence-corrected chi connectivity index (χ2v) is 7.27. The molecule has 1 aliphatic rings. The second-order valence-electron chi connectivity index (χ2n) is 6.83. The summed E-state index contributed by atoms with van der Waals surface area (Å²) < 4.78 is 10.8. The Morgan fingerprint density at radius 3 is 2.82 bits per heavy atom. The molecule has 0 radical (unpaired) electrons. The van der Waals surface area contributed by atoms with Crippen molar-refractivity contribution < 1.29 is 9.26 Å². The monoisotopic (exact) mass is 405 g/mol. The third-order valence-electron chi connectivity index (χ3n) is 4.52. The van der Waals surface area contributed by atoms with Gasteiger partial charge in [0.05, 0.1) is 12.2 Å². The number of benzene rings is 1. The smallest absolute Gasteiger partial charge is 0.194 e. The molecule has 28 heavy (non-hydrogen) atoms. The average Bonchev–Trinajstić information content (AvgIpc) is 3.19. The first-order valence-corrected chi connectivity index (χ1v) is 10.1. The van der Waals surface area contributed by atoms with Gasteiger partial charge in [-0.3, -0.25) is 4.90 Å². The van der Waals surface area contributed by atoms with E-state index in [4.69, 9.17) is 25.9 Å². The van der Waals surface area contributed by atoms with Crippen LogP contribution in [-0.4, -0.2) is 66.3 Å². The Labute approximate surface area is 171 Å². The molecule has 2 aromatic rings. The van der Waals surface area contributed by atoms with E-state index in [2.05, 4.69) is 27.2 Å². The third-order valence-corrected chi connectivity index (χ3v) is 4.75. The Morgan fingerprint density at radius 1 is 1.32 bits per heavy atom. The van der Waals surface area contributed by atoms with E-state index in [1.54, 1.807) is 6.26 Å². The quantitative estimate of drug-likeness (QED) is 0.564. The number of ether oxygens (including phenoxy) is 1. The number of guanidine groups is 1. The molecular formula is C20H28ClN5O2. The van der Waals surface area contributed by atoms with Gasteiger partial charge in [0, 0.05) is 50.4 Å². The van der Waals surface area contributed by atoms with Crippen molar-refractivity contribution in [3.05, 3.63) is 47.3 Å². The van der Waals surface area contributed by atoms with E-state index in [-0.39, 0.29) is 6.10 Å². The fraction of sp³-hybridized carbons (Fsp3) is 0.500. The summed E-state index contributed by atoms with van der Waals surface area (Å²) >= 11 is 6.02. The molecule has 0 saturated carbocycles. The lowest BCUT2D eigenvalue weighted by atomic mass is 10.3. The normalized spacial score (nSPS) is 16.8. The number of nitrogens with zero attached hydrogens (tertiary/aromatic N) is 4. The Bertz CT molecular complexity index is 745. The van der Waals surface area contributed by atoms with E-state index in [0.29, 0.717) is 11.6 Å². The molecule has 1 atom stereocenters. The van der Waals surface area contributed by atoms with Crippen molar-refractivity contribution in [1.82, 2.24) is 20.3 Å². The van der Waals surface area contributed by atoms with E-state index >= 15 is 0 Å². The molecule has 0 aliphatic carbocycles. The molecule has 0 bridgehead atoms. The maximum absolute atomic E-state index is 6.02. The summed E-state index contributed by atoms with van der Waals surface area (Å²) in [6, 6.07) is 9.37. The van der Waals surface area contributed by atoms with Gasteiger partial charge in [0.25, 0.3) is 0 Å². The van der Waals surface area contributed by atoms with Gasteiger partial charge in [-0.25, -0.2) is 4.99 Å². The maximum atomic E-state index is 6.02. The molecule has 1 aromatic carbocycles. The van der Waals surface area contributed by atoms with Crippen molar-refractivity contribution in [3.63, 3.8) is 0 Å². The van der Waals surface area contributed by atoms with Crippen LogP contribution in [0.5, 0.6) is 5.75 Å². The van der Waals surface area contributed by atoms with Crippen molar-refractivity contribution in [3.8, 4) is 5.75 Å². The third kappa shape index (κ3) is 6.14. The highest BCUT2D eigenvalue weighted by atomic mass is 35.5. The molecule has 1 aromatic heterocycles. The summed E-state index contributed by atoms with van der Waals surface area (Å²) in [5, 5.41) is 8.06. The fourth-order valence-electron chi connectivity index (χ4n) is 3.12. The first kappa shape index (κ1) is 20.5. The summed E-state index contributed by atoms with van der Waals surface area (Å²) in [4.78, 5) is 9.46. The van der Waals surface area contributed by atoms with Crippen LogP contribution < -0.4 is 10.1 Å². The van der Waals surface area contributed by atoms with Crippen molar-refractivity contribution in [2.45, 2.75) is 26.5 Å². The number of halogens is 1. The molecular weight excluding hydrogens is 378 g/mol.